The van der Waals surface area contributed by atoms with Gasteiger partial charge in [0, 0.05) is 6.54 Å². The summed E-state index contributed by atoms with van der Waals surface area (Å²) in [4.78, 5) is 11.6. The summed E-state index contributed by atoms with van der Waals surface area (Å²) >= 11 is 0. The Balaban J connectivity index is 2.44. The molecule has 98 valence electrons. The maximum absolute atomic E-state index is 13.3. The number of phenols is 1. The van der Waals surface area contributed by atoms with Gasteiger partial charge >= 0.3 is 0 Å². The van der Waals surface area contributed by atoms with E-state index in [9.17, 15) is 14.3 Å². The molecule has 0 aromatic heterocycles. The first-order valence-corrected chi connectivity index (χ1v) is 5.50. The van der Waals surface area contributed by atoms with E-state index in [1.165, 1.54) is 12.1 Å². The molecular weight excluding hydrogens is 237 g/mol. The summed E-state index contributed by atoms with van der Waals surface area (Å²) in [7, 11) is 0. The lowest BCUT2D eigenvalue weighted by molar-refractivity contribution is 0.0920. The predicted octanol–water partition coefficient (Wildman–Crippen LogP) is 1.85. The van der Waals surface area contributed by atoms with Crippen LogP contribution in [0.5, 0.6) is 5.75 Å². The molecule has 0 radical (unpaired) electrons. The minimum absolute atomic E-state index is 0.236. The lowest BCUT2D eigenvalue weighted by atomic mass is 10.2. The largest absolute Gasteiger partial charge is 0.507 e. The summed E-state index contributed by atoms with van der Waals surface area (Å²) in [6, 6.07) is 3.71. The van der Waals surface area contributed by atoms with Crippen molar-refractivity contribution in [3.05, 3.63) is 41.7 Å². The third-order valence-electron chi connectivity index (χ3n) is 2.10. The van der Waals surface area contributed by atoms with Gasteiger partial charge < -0.3 is 15.2 Å². The Morgan fingerprint density at radius 2 is 2.28 bits per heavy atom. The van der Waals surface area contributed by atoms with E-state index >= 15 is 0 Å². The van der Waals surface area contributed by atoms with Crippen LogP contribution in [0.1, 0.15) is 17.3 Å². The number of amides is 1. The third-order valence-corrected chi connectivity index (χ3v) is 2.10. The van der Waals surface area contributed by atoms with Gasteiger partial charge in [-0.3, -0.25) is 4.79 Å². The molecular formula is C13H16FNO3. The Morgan fingerprint density at radius 1 is 1.56 bits per heavy atom. The number of carbonyl (C=O) groups is 1. The van der Waals surface area contributed by atoms with Crippen LogP contribution in [-0.2, 0) is 4.74 Å². The van der Waals surface area contributed by atoms with E-state index in [0.29, 0.717) is 13.2 Å². The van der Waals surface area contributed by atoms with Gasteiger partial charge in [-0.2, -0.15) is 0 Å². The highest BCUT2D eigenvalue weighted by Gasteiger charge is 2.15. The van der Waals surface area contributed by atoms with E-state index in [2.05, 4.69) is 11.9 Å². The molecule has 0 saturated heterocycles. The van der Waals surface area contributed by atoms with E-state index in [-0.39, 0.29) is 17.9 Å². The molecule has 1 aromatic rings. The van der Waals surface area contributed by atoms with Crippen molar-refractivity contribution in [2.75, 3.05) is 19.8 Å². The third kappa shape index (κ3) is 4.18. The maximum atomic E-state index is 13.3. The zero-order valence-electron chi connectivity index (χ0n) is 10.2. The van der Waals surface area contributed by atoms with Crippen molar-refractivity contribution >= 4 is 5.91 Å². The number of phenolic OH excluding ortho intramolecular Hbond substituents is 1. The summed E-state index contributed by atoms with van der Waals surface area (Å²) in [6.07, 6.45) is 0. The maximum Gasteiger partial charge on any atom is 0.258 e. The zero-order chi connectivity index (χ0) is 13.5. The second-order valence-electron chi connectivity index (χ2n) is 3.90. The van der Waals surface area contributed by atoms with Gasteiger partial charge in [0.15, 0.2) is 0 Å². The molecule has 0 unspecified atom stereocenters. The molecule has 1 rings (SSSR count). The first-order chi connectivity index (χ1) is 8.52. The van der Waals surface area contributed by atoms with E-state index in [0.717, 1.165) is 11.6 Å². The molecule has 1 aromatic carbocycles. The van der Waals surface area contributed by atoms with Crippen LogP contribution in [-0.4, -0.2) is 30.8 Å². The number of hydrogen-bond acceptors (Lipinski definition) is 3. The Hall–Kier alpha value is -1.88. The quantitative estimate of drug-likeness (QED) is 0.601. The van der Waals surface area contributed by atoms with Gasteiger partial charge in [0.05, 0.1) is 13.2 Å². The average molecular weight is 253 g/mol. The minimum atomic E-state index is -0.754. The topological polar surface area (TPSA) is 58.6 Å². The molecule has 4 nitrogen and oxygen atoms in total. The number of benzene rings is 1. The van der Waals surface area contributed by atoms with Crippen LogP contribution in [0, 0.1) is 5.82 Å². The first kappa shape index (κ1) is 14.2. The second kappa shape index (κ2) is 6.76. The monoisotopic (exact) mass is 253 g/mol. The van der Waals surface area contributed by atoms with Crippen molar-refractivity contribution in [1.29, 1.82) is 0 Å². The Bertz CT molecular complexity index is 426. The lowest BCUT2D eigenvalue weighted by Gasteiger charge is -2.08. The number of rotatable bonds is 6. The predicted molar refractivity (Wildman–Crippen MR) is 66.0 cm³/mol. The highest BCUT2D eigenvalue weighted by Crippen LogP contribution is 2.19. The summed E-state index contributed by atoms with van der Waals surface area (Å²) < 4.78 is 18.5. The number of nitrogens with one attached hydrogen (secondary N) is 1. The molecule has 18 heavy (non-hydrogen) atoms. The highest BCUT2D eigenvalue weighted by molar-refractivity contribution is 5.97. The second-order valence-corrected chi connectivity index (χ2v) is 3.90. The van der Waals surface area contributed by atoms with Gasteiger partial charge in [-0.1, -0.05) is 18.2 Å². The van der Waals surface area contributed by atoms with Crippen molar-refractivity contribution in [2.45, 2.75) is 6.92 Å². The number of hydrogen-bond donors (Lipinski definition) is 2. The Labute approximate surface area is 105 Å². The average Bonchev–Trinajstić information content (AvgIpc) is 2.27. The van der Waals surface area contributed by atoms with Gasteiger partial charge in [0.2, 0.25) is 0 Å². The molecule has 0 atom stereocenters. The van der Waals surface area contributed by atoms with Crippen molar-refractivity contribution in [3.63, 3.8) is 0 Å². The molecule has 0 bridgehead atoms. The van der Waals surface area contributed by atoms with Crippen LogP contribution in [0.2, 0.25) is 0 Å². The molecule has 0 spiro atoms. The van der Waals surface area contributed by atoms with Gasteiger partial charge in [0.25, 0.3) is 5.91 Å². The summed E-state index contributed by atoms with van der Waals surface area (Å²) in [5.41, 5.74) is 0.533. The molecule has 0 saturated carbocycles. The summed E-state index contributed by atoms with van der Waals surface area (Å²) in [5.74, 6) is -1.80. The van der Waals surface area contributed by atoms with Crippen LogP contribution in [0.25, 0.3) is 0 Å². The molecule has 0 aliphatic heterocycles. The fraction of sp³-hybridized carbons (Fsp3) is 0.308. The molecule has 2 N–H and O–H groups in total. The molecule has 0 aliphatic carbocycles. The smallest absolute Gasteiger partial charge is 0.258 e. The van der Waals surface area contributed by atoms with Crippen molar-refractivity contribution < 1.29 is 19.0 Å². The van der Waals surface area contributed by atoms with Gasteiger partial charge in [-0.15, -0.1) is 0 Å². The van der Waals surface area contributed by atoms with E-state index < -0.39 is 11.7 Å². The molecule has 0 aliphatic rings. The summed E-state index contributed by atoms with van der Waals surface area (Å²) in [6.45, 7) is 6.45. The van der Waals surface area contributed by atoms with E-state index in [1.54, 1.807) is 0 Å². The van der Waals surface area contributed by atoms with E-state index in [4.69, 9.17) is 4.74 Å². The molecule has 1 amide bonds. The molecule has 0 heterocycles. The number of ether oxygens (including phenoxy) is 1. The molecule has 0 fully saturated rings. The van der Waals surface area contributed by atoms with Crippen LogP contribution >= 0.6 is 0 Å². The Morgan fingerprint density at radius 3 is 2.89 bits per heavy atom. The fourth-order valence-electron chi connectivity index (χ4n) is 1.31. The number of aromatic hydroxyl groups is 1. The van der Waals surface area contributed by atoms with Crippen molar-refractivity contribution in [1.82, 2.24) is 5.32 Å². The number of carbonyl (C=O) groups excluding carboxylic acids is 1. The highest BCUT2D eigenvalue weighted by atomic mass is 19.1. The summed E-state index contributed by atoms with van der Waals surface area (Å²) in [5, 5.41) is 11.9. The standard InChI is InChI=1S/C13H16FNO3/c1-9(2)8-18-7-6-15-13(17)12-10(14)4-3-5-11(12)16/h3-5,16H,1,6-8H2,2H3,(H,15,17). The van der Waals surface area contributed by atoms with Crippen LogP contribution in [0.3, 0.4) is 0 Å². The van der Waals surface area contributed by atoms with Crippen LogP contribution in [0.4, 0.5) is 4.39 Å². The van der Waals surface area contributed by atoms with Crippen LogP contribution in [0.15, 0.2) is 30.4 Å². The van der Waals surface area contributed by atoms with E-state index in [1.807, 2.05) is 6.92 Å². The van der Waals surface area contributed by atoms with Crippen molar-refractivity contribution in [2.24, 2.45) is 0 Å². The minimum Gasteiger partial charge on any atom is -0.507 e. The molecule has 5 heteroatoms. The SMILES string of the molecule is C=C(C)COCCNC(=O)c1c(O)cccc1F. The van der Waals surface area contributed by atoms with Gasteiger partial charge in [-0.05, 0) is 19.1 Å². The number of halogens is 1. The Kier molecular flexibility index (Phi) is 5.32. The zero-order valence-corrected chi connectivity index (χ0v) is 10.2. The first-order valence-electron chi connectivity index (χ1n) is 5.50. The van der Waals surface area contributed by atoms with Gasteiger partial charge in [0.1, 0.15) is 17.1 Å². The van der Waals surface area contributed by atoms with Crippen molar-refractivity contribution in [3.8, 4) is 5.75 Å². The fourth-order valence-corrected chi connectivity index (χ4v) is 1.31. The van der Waals surface area contributed by atoms with Gasteiger partial charge in [-0.25, -0.2) is 4.39 Å². The normalized spacial score (nSPS) is 10.1. The van der Waals surface area contributed by atoms with Crippen LogP contribution < -0.4 is 5.32 Å². The lowest BCUT2D eigenvalue weighted by Crippen LogP contribution is -2.28.